The Bertz CT molecular complexity index is 956. The van der Waals surface area contributed by atoms with Crippen molar-refractivity contribution in [3.8, 4) is 0 Å². The first kappa shape index (κ1) is 18.8. The molecular weight excluding hydrogens is 367 g/mol. The number of carbonyl (C=O) groups is 1. The lowest BCUT2D eigenvalue weighted by molar-refractivity contribution is -0.110. The molecule has 0 saturated heterocycles. The van der Waals surface area contributed by atoms with Crippen molar-refractivity contribution < 1.29 is 13.4 Å². The van der Waals surface area contributed by atoms with Gasteiger partial charge in [0.2, 0.25) is 0 Å². The molecule has 1 unspecified atom stereocenters. The number of thioether (sulfide) groups is 1. The zero-order valence-corrected chi connectivity index (χ0v) is 16.5. The van der Waals surface area contributed by atoms with E-state index < -0.39 is 10.8 Å². The average molecular weight is 387 g/mol. The third kappa shape index (κ3) is 3.74. The lowest BCUT2D eigenvalue weighted by Crippen LogP contribution is -1.94. The number of hydrogen-bond donors (Lipinski definition) is 0. The second kappa shape index (κ2) is 7.72. The topological polar surface area (TPSA) is 34.1 Å². The molecule has 5 heteroatoms. The molecule has 3 rings (SSSR count). The molecule has 0 amide bonds. The third-order valence-electron chi connectivity index (χ3n) is 4.53. The summed E-state index contributed by atoms with van der Waals surface area (Å²) < 4.78 is 25.3. The number of halogens is 1. The molecule has 2 aromatic carbocycles. The highest BCUT2D eigenvalue weighted by Crippen LogP contribution is 2.44. The summed E-state index contributed by atoms with van der Waals surface area (Å²) in [6.45, 7) is 1.97. The second-order valence-corrected chi connectivity index (χ2v) is 8.37. The average Bonchev–Trinajstić information content (AvgIpc) is 2.87. The molecule has 0 aromatic heterocycles. The van der Waals surface area contributed by atoms with Gasteiger partial charge in [-0.25, -0.2) is 4.39 Å². The van der Waals surface area contributed by atoms with E-state index in [1.807, 2.05) is 37.3 Å². The second-order valence-electron chi connectivity index (χ2n) is 6.13. The molecule has 134 valence electrons. The molecule has 0 radical (unpaired) electrons. The van der Waals surface area contributed by atoms with Crippen molar-refractivity contribution in [3.05, 3.63) is 70.5 Å². The van der Waals surface area contributed by atoms with Crippen molar-refractivity contribution in [1.82, 2.24) is 0 Å². The minimum Gasteiger partial charge on any atom is -0.287 e. The van der Waals surface area contributed by atoms with Crippen LogP contribution in [0.15, 0.2) is 52.9 Å². The van der Waals surface area contributed by atoms with E-state index in [-0.39, 0.29) is 17.4 Å². The van der Waals surface area contributed by atoms with Crippen molar-refractivity contribution in [2.24, 2.45) is 0 Å². The first-order chi connectivity index (χ1) is 12.4. The van der Waals surface area contributed by atoms with Crippen LogP contribution in [0.2, 0.25) is 0 Å². The van der Waals surface area contributed by atoms with Crippen LogP contribution >= 0.6 is 11.8 Å². The van der Waals surface area contributed by atoms with E-state index in [0.29, 0.717) is 0 Å². The van der Waals surface area contributed by atoms with Gasteiger partial charge in [-0.2, -0.15) is 0 Å². The zero-order chi connectivity index (χ0) is 18.8. The van der Waals surface area contributed by atoms with Crippen molar-refractivity contribution in [3.63, 3.8) is 0 Å². The van der Waals surface area contributed by atoms with Gasteiger partial charge in [0.25, 0.3) is 0 Å². The van der Waals surface area contributed by atoms with Crippen LogP contribution in [0.3, 0.4) is 0 Å². The normalized spacial score (nSPS) is 16.1. The van der Waals surface area contributed by atoms with Gasteiger partial charge in [0.15, 0.2) is 5.12 Å². The van der Waals surface area contributed by atoms with Gasteiger partial charge in [-0.05, 0) is 76.9 Å². The summed E-state index contributed by atoms with van der Waals surface area (Å²) in [6, 6.07) is 12.3. The molecule has 0 fully saturated rings. The van der Waals surface area contributed by atoms with Crippen LogP contribution in [0.25, 0.3) is 17.2 Å². The molecule has 0 saturated carbocycles. The Morgan fingerprint density at radius 2 is 1.85 bits per heavy atom. The van der Waals surface area contributed by atoms with Crippen molar-refractivity contribution in [2.45, 2.75) is 18.2 Å². The fourth-order valence-electron chi connectivity index (χ4n) is 3.12. The molecule has 1 atom stereocenters. The highest BCUT2D eigenvalue weighted by molar-refractivity contribution is 8.13. The van der Waals surface area contributed by atoms with E-state index in [9.17, 15) is 13.4 Å². The molecule has 2 aromatic rings. The lowest BCUT2D eigenvalue weighted by atomic mass is 10.0. The van der Waals surface area contributed by atoms with E-state index in [4.69, 9.17) is 0 Å². The van der Waals surface area contributed by atoms with E-state index in [1.165, 1.54) is 23.9 Å². The molecule has 0 heterocycles. The number of allylic oxidation sites excluding steroid dienone is 3. The monoisotopic (exact) mass is 386 g/mol. The predicted molar refractivity (Wildman–Crippen MR) is 109 cm³/mol. The Morgan fingerprint density at radius 1 is 1.15 bits per heavy atom. The van der Waals surface area contributed by atoms with E-state index in [0.717, 1.165) is 38.3 Å². The van der Waals surface area contributed by atoms with Gasteiger partial charge in [0, 0.05) is 28.4 Å². The molecule has 0 aliphatic heterocycles. The van der Waals surface area contributed by atoms with E-state index >= 15 is 0 Å². The van der Waals surface area contributed by atoms with Gasteiger partial charge in [0.05, 0.1) is 0 Å². The molecule has 0 bridgehead atoms. The summed E-state index contributed by atoms with van der Waals surface area (Å²) in [5, 5.41) is 0.0607. The van der Waals surface area contributed by atoms with Gasteiger partial charge < -0.3 is 0 Å². The summed E-state index contributed by atoms with van der Waals surface area (Å²) in [4.78, 5) is 12.7. The molecule has 1 aliphatic rings. The largest absolute Gasteiger partial charge is 0.287 e. The Labute approximate surface area is 159 Å². The fraction of sp³-hybridized carbons (Fsp3) is 0.190. The van der Waals surface area contributed by atoms with Crippen LogP contribution in [-0.2, 0) is 15.6 Å². The van der Waals surface area contributed by atoms with Gasteiger partial charge >= 0.3 is 0 Å². The highest BCUT2D eigenvalue weighted by atomic mass is 32.2. The quantitative estimate of drug-likeness (QED) is 0.727. The number of benzene rings is 2. The van der Waals surface area contributed by atoms with Crippen LogP contribution in [0.4, 0.5) is 4.39 Å². The van der Waals surface area contributed by atoms with Crippen molar-refractivity contribution in [1.29, 1.82) is 0 Å². The Morgan fingerprint density at radius 3 is 2.46 bits per heavy atom. The number of carbonyl (C=O) groups excluding carboxylic acids is 1. The summed E-state index contributed by atoms with van der Waals surface area (Å²) in [7, 11) is -1.01. The zero-order valence-electron chi connectivity index (χ0n) is 14.8. The van der Waals surface area contributed by atoms with Crippen LogP contribution in [0, 0.1) is 5.82 Å². The van der Waals surface area contributed by atoms with E-state index in [1.54, 1.807) is 18.6 Å². The highest BCUT2D eigenvalue weighted by Gasteiger charge is 2.25. The number of rotatable bonds is 4. The summed E-state index contributed by atoms with van der Waals surface area (Å²) in [6.07, 6.45) is 5.73. The molecule has 26 heavy (non-hydrogen) atoms. The maximum atomic E-state index is 13.8. The Kier molecular flexibility index (Phi) is 5.58. The molecule has 1 aliphatic carbocycles. The SMILES string of the molecule is CSC(=O)CC1=C(C)C(=Cc2ccc(S(C)=O)cc2)c2ccc(F)cc21. The van der Waals surface area contributed by atoms with Gasteiger partial charge in [-0.15, -0.1) is 0 Å². The Balaban J connectivity index is 2.08. The van der Waals surface area contributed by atoms with Crippen LogP contribution in [-0.4, -0.2) is 21.8 Å². The van der Waals surface area contributed by atoms with Crippen LogP contribution in [0.1, 0.15) is 30.0 Å². The summed E-state index contributed by atoms with van der Waals surface area (Å²) in [5.74, 6) is -0.304. The smallest absolute Gasteiger partial charge is 0.193 e. The number of hydrogen-bond acceptors (Lipinski definition) is 3. The van der Waals surface area contributed by atoms with E-state index in [2.05, 4.69) is 0 Å². The van der Waals surface area contributed by atoms with Gasteiger partial charge in [0.1, 0.15) is 5.82 Å². The minimum absolute atomic E-state index is 0.0607. The predicted octanol–water partition coefficient (Wildman–Crippen LogP) is 5.17. The van der Waals surface area contributed by atoms with Crippen LogP contribution in [0.5, 0.6) is 0 Å². The molecule has 0 N–H and O–H groups in total. The van der Waals surface area contributed by atoms with Crippen molar-refractivity contribution >= 4 is 44.9 Å². The standard InChI is InChI=1S/C21H19FO2S2/c1-13-18(10-14-4-7-16(8-5-14)26(3)24)17-9-6-15(22)11-20(17)19(13)12-21(23)25-2/h4-11H,12H2,1-3H3. The third-order valence-corrected chi connectivity index (χ3v) is 6.06. The lowest BCUT2D eigenvalue weighted by Gasteiger charge is -2.05. The first-order valence-corrected chi connectivity index (χ1v) is 10.9. The van der Waals surface area contributed by atoms with Crippen LogP contribution < -0.4 is 0 Å². The maximum Gasteiger partial charge on any atom is 0.193 e. The summed E-state index contributed by atoms with van der Waals surface area (Å²) in [5.41, 5.74) is 5.58. The van der Waals surface area contributed by atoms with Crippen molar-refractivity contribution in [2.75, 3.05) is 12.5 Å². The number of fused-ring (bicyclic) bond motifs is 1. The minimum atomic E-state index is -1.01. The first-order valence-electron chi connectivity index (χ1n) is 8.13. The molecular formula is C21H19FO2S2. The van der Waals surface area contributed by atoms with Gasteiger partial charge in [-0.3, -0.25) is 9.00 Å². The maximum absolute atomic E-state index is 13.8. The Hall–Kier alpha value is -1.98. The van der Waals surface area contributed by atoms with Gasteiger partial charge in [-0.1, -0.05) is 30.0 Å². The molecule has 0 spiro atoms. The molecule has 2 nitrogen and oxygen atoms in total. The fourth-order valence-corrected chi connectivity index (χ4v) is 3.93. The summed E-state index contributed by atoms with van der Waals surface area (Å²) >= 11 is 1.19.